The van der Waals surface area contributed by atoms with Crippen molar-refractivity contribution in [2.45, 2.75) is 19.4 Å². The molecule has 0 fully saturated rings. The molecular weight excluding hydrogens is 178 g/mol. The van der Waals surface area contributed by atoms with Crippen LogP contribution in [0.2, 0.25) is 0 Å². The Balaban J connectivity index is 3.95. The Morgan fingerprint density at radius 1 is 1.58 bits per heavy atom. The molecule has 0 saturated heterocycles. The highest BCUT2D eigenvalue weighted by Crippen LogP contribution is 1.99. The molecule has 0 heterocycles. The molecule has 12 heavy (non-hydrogen) atoms. The maximum atomic E-state index is 10.9. The van der Waals surface area contributed by atoms with Crippen LogP contribution in [0, 0.1) is 0 Å². The number of hydrogen-bond donors (Lipinski definition) is 1. The van der Waals surface area contributed by atoms with Gasteiger partial charge in [-0.2, -0.15) is 0 Å². The summed E-state index contributed by atoms with van der Waals surface area (Å²) < 4.78 is 7.25. The smallest absolute Gasteiger partial charge is 0.307 e. The van der Waals surface area contributed by atoms with E-state index in [9.17, 15) is 9.59 Å². The van der Waals surface area contributed by atoms with Gasteiger partial charge < -0.3 is 4.74 Å². The Kier molecular flexibility index (Phi) is 5.74. The second kappa shape index (κ2) is 6.02. The van der Waals surface area contributed by atoms with Crippen molar-refractivity contribution in [3.8, 4) is 0 Å². The third-order valence-electron chi connectivity index (χ3n) is 1.35. The van der Waals surface area contributed by atoms with Gasteiger partial charge >= 0.3 is 5.97 Å². The number of carbonyl (C=O) groups is 2. The Hall–Kier alpha value is -0.550. The topological polar surface area (TPSA) is 55.4 Å². The fourth-order valence-electron chi connectivity index (χ4n) is 0.661. The van der Waals surface area contributed by atoms with Crippen LogP contribution >= 0.6 is 11.9 Å². The monoisotopic (exact) mass is 191 g/mol. The van der Waals surface area contributed by atoms with E-state index in [-0.39, 0.29) is 18.2 Å². The van der Waals surface area contributed by atoms with Gasteiger partial charge in [0.15, 0.2) is 0 Å². The van der Waals surface area contributed by atoms with Gasteiger partial charge in [-0.1, -0.05) is 11.9 Å². The van der Waals surface area contributed by atoms with Gasteiger partial charge in [-0.25, -0.2) is 0 Å². The lowest BCUT2D eigenvalue weighted by atomic mass is 10.1. The molecule has 0 aliphatic rings. The second-order valence-electron chi connectivity index (χ2n) is 2.27. The lowest BCUT2D eigenvalue weighted by Gasteiger charge is -2.11. The SMILES string of the molecule is COC(=O)CC(NSC)C(C)=O. The lowest BCUT2D eigenvalue weighted by molar-refractivity contribution is -0.142. The third kappa shape index (κ3) is 4.35. The van der Waals surface area contributed by atoms with Crippen LogP contribution in [0.15, 0.2) is 0 Å². The number of methoxy groups -OCH3 is 1. The minimum absolute atomic E-state index is 0.0604. The summed E-state index contributed by atoms with van der Waals surface area (Å²) in [6.45, 7) is 1.44. The van der Waals surface area contributed by atoms with E-state index >= 15 is 0 Å². The van der Waals surface area contributed by atoms with Gasteiger partial charge in [-0.15, -0.1) is 0 Å². The highest BCUT2D eigenvalue weighted by atomic mass is 32.2. The van der Waals surface area contributed by atoms with E-state index in [0.29, 0.717) is 0 Å². The van der Waals surface area contributed by atoms with Gasteiger partial charge in [0.2, 0.25) is 0 Å². The largest absolute Gasteiger partial charge is 0.469 e. The summed E-state index contributed by atoms with van der Waals surface area (Å²) >= 11 is 1.31. The lowest BCUT2D eigenvalue weighted by Crippen LogP contribution is -2.33. The molecule has 0 amide bonds. The molecule has 0 rings (SSSR count). The van der Waals surface area contributed by atoms with E-state index in [4.69, 9.17) is 0 Å². The minimum atomic E-state index is -0.438. The molecule has 0 aromatic rings. The summed E-state index contributed by atoms with van der Waals surface area (Å²) in [5.74, 6) is -0.438. The fourth-order valence-corrected chi connectivity index (χ4v) is 1.19. The molecule has 4 nitrogen and oxygen atoms in total. The van der Waals surface area contributed by atoms with Gasteiger partial charge in [-0.3, -0.25) is 14.3 Å². The summed E-state index contributed by atoms with van der Waals surface area (Å²) in [5.41, 5.74) is 0. The fraction of sp³-hybridized carbons (Fsp3) is 0.714. The number of ether oxygens (including phenoxy) is 1. The van der Waals surface area contributed by atoms with E-state index in [0.717, 1.165) is 0 Å². The molecule has 70 valence electrons. The molecule has 0 spiro atoms. The maximum absolute atomic E-state index is 10.9. The van der Waals surface area contributed by atoms with Crippen LogP contribution < -0.4 is 4.72 Å². The van der Waals surface area contributed by atoms with Crippen LogP contribution in [0.5, 0.6) is 0 Å². The van der Waals surface area contributed by atoms with Crippen molar-refractivity contribution >= 4 is 23.7 Å². The predicted octanol–water partition coefficient (Wildman–Crippen LogP) is 0.375. The molecule has 0 aliphatic carbocycles. The van der Waals surface area contributed by atoms with Crippen molar-refractivity contribution in [1.29, 1.82) is 0 Å². The number of carbonyl (C=O) groups excluding carboxylic acids is 2. The van der Waals surface area contributed by atoms with Crippen LogP contribution in [-0.2, 0) is 14.3 Å². The predicted molar refractivity (Wildman–Crippen MR) is 47.8 cm³/mol. The molecule has 0 aliphatic heterocycles. The maximum Gasteiger partial charge on any atom is 0.307 e. The van der Waals surface area contributed by atoms with Gasteiger partial charge in [-0.05, 0) is 13.2 Å². The number of ketones is 1. The molecule has 0 bridgehead atoms. The van der Waals surface area contributed by atoms with E-state index in [2.05, 4.69) is 9.46 Å². The zero-order valence-electron chi connectivity index (χ0n) is 7.42. The first-order valence-electron chi connectivity index (χ1n) is 3.47. The highest BCUT2D eigenvalue weighted by molar-refractivity contribution is 7.96. The van der Waals surface area contributed by atoms with Crippen LogP contribution in [0.1, 0.15) is 13.3 Å². The summed E-state index contributed by atoms with van der Waals surface area (Å²) in [4.78, 5) is 21.7. The molecule has 0 saturated carbocycles. The van der Waals surface area contributed by atoms with Gasteiger partial charge in [0, 0.05) is 0 Å². The van der Waals surface area contributed by atoms with Gasteiger partial charge in [0.25, 0.3) is 0 Å². The molecule has 0 radical (unpaired) electrons. The first-order chi connectivity index (χ1) is 5.61. The average Bonchev–Trinajstić information content (AvgIpc) is 2.03. The van der Waals surface area contributed by atoms with Crippen LogP contribution in [-0.4, -0.2) is 31.2 Å². The number of nitrogens with one attached hydrogen (secondary N) is 1. The van der Waals surface area contributed by atoms with Crippen LogP contribution in [0.25, 0.3) is 0 Å². The van der Waals surface area contributed by atoms with E-state index < -0.39 is 6.04 Å². The molecule has 1 N–H and O–H groups in total. The molecule has 0 aromatic heterocycles. The van der Waals surface area contributed by atoms with Crippen molar-refractivity contribution in [3.05, 3.63) is 0 Å². The Morgan fingerprint density at radius 2 is 2.17 bits per heavy atom. The standard InChI is InChI=1S/C7H13NO3S/c1-5(9)6(8-12-3)4-7(10)11-2/h6,8H,4H2,1-3H3. The summed E-state index contributed by atoms with van der Waals surface area (Å²) in [6.07, 6.45) is 1.89. The number of esters is 1. The Bertz CT molecular complexity index is 170. The van der Waals surface area contributed by atoms with Crippen molar-refractivity contribution < 1.29 is 14.3 Å². The van der Waals surface area contributed by atoms with Gasteiger partial charge in [0.05, 0.1) is 19.6 Å². The summed E-state index contributed by atoms with van der Waals surface area (Å²) in [7, 11) is 1.30. The average molecular weight is 191 g/mol. The van der Waals surface area contributed by atoms with E-state index in [1.54, 1.807) is 6.26 Å². The highest BCUT2D eigenvalue weighted by Gasteiger charge is 2.17. The Labute approximate surface area is 76.2 Å². The van der Waals surface area contributed by atoms with Gasteiger partial charge in [0.1, 0.15) is 5.78 Å². The van der Waals surface area contributed by atoms with Crippen molar-refractivity contribution in [2.75, 3.05) is 13.4 Å². The molecule has 1 unspecified atom stereocenters. The quantitative estimate of drug-likeness (QED) is 0.503. The number of Topliss-reactive ketones (excluding diaryl/α,β-unsaturated/α-hetero) is 1. The minimum Gasteiger partial charge on any atom is -0.469 e. The normalized spacial score (nSPS) is 12.2. The second-order valence-corrected chi connectivity index (χ2v) is 2.91. The third-order valence-corrected chi connectivity index (χ3v) is 1.87. The van der Waals surface area contributed by atoms with Crippen molar-refractivity contribution in [1.82, 2.24) is 4.72 Å². The first-order valence-corrected chi connectivity index (χ1v) is 4.70. The molecular formula is C7H13NO3S. The van der Waals surface area contributed by atoms with E-state index in [1.807, 2.05) is 0 Å². The molecule has 5 heteroatoms. The summed E-state index contributed by atoms with van der Waals surface area (Å²) in [5, 5.41) is 0. The van der Waals surface area contributed by atoms with Crippen molar-refractivity contribution in [3.63, 3.8) is 0 Å². The number of hydrogen-bond acceptors (Lipinski definition) is 5. The number of rotatable bonds is 5. The summed E-state index contributed by atoms with van der Waals surface area (Å²) in [6, 6.07) is -0.438. The van der Waals surface area contributed by atoms with Crippen LogP contribution in [0.3, 0.4) is 0 Å². The van der Waals surface area contributed by atoms with E-state index in [1.165, 1.54) is 26.0 Å². The zero-order chi connectivity index (χ0) is 9.56. The van der Waals surface area contributed by atoms with Crippen LogP contribution in [0.4, 0.5) is 0 Å². The Morgan fingerprint density at radius 3 is 2.50 bits per heavy atom. The molecule has 1 atom stereocenters. The molecule has 0 aromatic carbocycles. The van der Waals surface area contributed by atoms with Crippen molar-refractivity contribution in [2.24, 2.45) is 0 Å². The first kappa shape index (κ1) is 11.4. The zero-order valence-corrected chi connectivity index (χ0v) is 8.23.